The van der Waals surface area contributed by atoms with Crippen LogP contribution in [0.2, 0.25) is 0 Å². The normalized spacial score (nSPS) is 10.4. The third-order valence-electron chi connectivity index (χ3n) is 0.136. The zero-order valence-electron chi connectivity index (χ0n) is 3.92. The van der Waals surface area contributed by atoms with Crippen molar-refractivity contribution in [2.75, 3.05) is 0 Å². The van der Waals surface area contributed by atoms with E-state index in [0.717, 1.165) is 5.41 Å². The molecule has 1 atom stereocenters. The Bertz CT molecular complexity index is 70.1. The van der Waals surface area contributed by atoms with Gasteiger partial charge in [0.2, 0.25) is 0 Å². The van der Waals surface area contributed by atoms with Gasteiger partial charge in [0, 0.05) is 0 Å². The van der Waals surface area contributed by atoms with Crippen molar-refractivity contribution in [3.63, 3.8) is 0 Å². The molecule has 0 saturated heterocycles. The van der Waals surface area contributed by atoms with Crippen LogP contribution < -0.4 is 0 Å². The molecule has 0 fully saturated rings. The Morgan fingerprint density at radius 3 is 1.71 bits per heavy atom. The molecule has 3 heteroatoms. The molecule has 0 aromatic carbocycles. The van der Waals surface area contributed by atoms with Gasteiger partial charge in [-0.05, 0) is 16.5 Å². The highest BCUT2D eigenvalue weighted by molar-refractivity contribution is 7.82. The smallest absolute Gasteiger partial charge is 0.0187 e. The Labute approximate surface area is 45.8 Å². The second kappa shape index (κ2) is 9.14. The molecule has 0 spiro atoms. The highest BCUT2D eigenvalue weighted by Crippen LogP contribution is 1.64. The molecule has 0 bridgehead atoms. The maximum absolute atomic E-state index is 9.25. The molecule has 0 heterocycles. The SMILES string of the molecule is C=C.C=CS(=O)[O-]. The van der Waals surface area contributed by atoms with E-state index in [2.05, 4.69) is 19.7 Å². The summed E-state index contributed by atoms with van der Waals surface area (Å²) in [5.74, 6) is 0. The summed E-state index contributed by atoms with van der Waals surface area (Å²) in [6.45, 7) is 8.95. The summed E-state index contributed by atoms with van der Waals surface area (Å²) >= 11 is -2.06. The minimum atomic E-state index is -2.06. The summed E-state index contributed by atoms with van der Waals surface area (Å²) in [6.07, 6.45) is 0. The Kier molecular flexibility index (Phi) is 12.8. The molecule has 7 heavy (non-hydrogen) atoms. The van der Waals surface area contributed by atoms with Crippen LogP contribution in [0.25, 0.3) is 0 Å². The van der Waals surface area contributed by atoms with E-state index in [9.17, 15) is 8.76 Å². The van der Waals surface area contributed by atoms with Crippen LogP contribution in [-0.4, -0.2) is 8.76 Å². The van der Waals surface area contributed by atoms with E-state index >= 15 is 0 Å². The molecule has 42 valence electrons. The third-order valence-corrected chi connectivity index (χ3v) is 0.408. The van der Waals surface area contributed by atoms with Crippen LogP contribution in [0.15, 0.2) is 25.1 Å². The summed E-state index contributed by atoms with van der Waals surface area (Å²) in [5, 5.41) is 0.833. The lowest BCUT2D eigenvalue weighted by atomic mass is 11.3. The van der Waals surface area contributed by atoms with Gasteiger partial charge in [0.1, 0.15) is 0 Å². The van der Waals surface area contributed by atoms with Crippen LogP contribution in [-0.2, 0) is 11.1 Å². The fourth-order valence-corrected chi connectivity index (χ4v) is 0. The zero-order valence-corrected chi connectivity index (χ0v) is 4.74. The van der Waals surface area contributed by atoms with Crippen LogP contribution in [0.4, 0.5) is 0 Å². The quantitative estimate of drug-likeness (QED) is 0.378. The first-order chi connectivity index (χ1) is 3.27. The summed E-state index contributed by atoms with van der Waals surface area (Å²) in [5.41, 5.74) is 0. The molecule has 0 saturated carbocycles. The molecule has 1 unspecified atom stereocenters. The molecule has 0 aliphatic heterocycles. The first-order valence-electron chi connectivity index (χ1n) is 1.48. The standard InChI is InChI=1S/C2H4O2S.C2H4/c1-2-5(3)4;1-2/h2H,1H2,(H,3,4);1-2H2/p-1. The molecular weight excluding hydrogens is 112 g/mol. The minimum Gasteiger partial charge on any atom is -0.769 e. The average Bonchev–Trinajstić information content (AvgIpc) is 1.73. The first kappa shape index (κ1) is 9.77. The lowest BCUT2D eigenvalue weighted by molar-refractivity contribution is 0.546. The lowest BCUT2D eigenvalue weighted by Crippen LogP contribution is -1.71. The molecule has 0 aliphatic carbocycles. The van der Waals surface area contributed by atoms with Crippen molar-refractivity contribution in [2.24, 2.45) is 0 Å². The van der Waals surface area contributed by atoms with Gasteiger partial charge in [0.05, 0.1) is 0 Å². The fourth-order valence-electron chi connectivity index (χ4n) is 0. The van der Waals surface area contributed by atoms with Crippen LogP contribution in [0.1, 0.15) is 0 Å². The van der Waals surface area contributed by atoms with Gasteiger partial charge >= 0.3 is 0 Å². The molecule has 0 aliphatic rings. The lowest BCUT2D eigenvalue weighted by Gasteiger charge is -1.88. The van der Waals surface area contributed by atoms with E-state index in [1.165, 1.54) is 0 Å². The van der Waals surface area contributed by atoms with Crippen molar-refractivity contribution in [2.45, 2.75) is 0 Å². The minimum absolute atomic E-state index is 0.833. The summed E-state index contributed by atoms with van der Waals surface area (Å²) in [6, 6.07) is 0. The highest BCUT2D eigenvalue weighted by atomic mass is 32.2. The monoisotopic (exact) mass is 119 g/mol. The molecule has 0 aromatic rings. The van der Waals surface area contributed by atoms with Gasteiger partial charge in [0.25, 0.3) is 0 Å². The van der Waals surface area contributed by atoms with E-state index in [1.54, 1.807) is 0 Å². The van der Waals surface area contributed by atoms with E-state index in [1.807, 2.05) is 0 Å². The van der Waals surface area contributed by atoms with Crippen LogP contribution >= 0.6 is 0 Å². The van der Waals surface area contributed by atoms with Gasteiger partial charge in [-0.25, -0.2) is 0 Å². The Morgan fingerprint density at radius 2 is 1.71 bits per heavy atom. The topological polar surface area (TPSA) is 40.1 Å². The van der Waals surface area contributed by atoms with Crippen LogP contribution in [0.3, 0.4) is 0 Å². The Balaban J connectivity index is 0. The van der Waals surface area contributed by atoms with Gasteiger partial charge in [-0.3, -0.25) is 4.21 Å². The van der Waals surface area contributed by atoms with Gasteiger partial charge in [-0.2, -0.15) is 0 Å². The van der Waals surface area contributed by atoms with E-state index in [-0.39, 0.29) is 0 Å². The Hall–Kier alpha value is -0.410. The second-order valence-electron chi connectivity index (χ2n) is 0.427. The van der Waals surface area contributed by atoms with E-state index in [4.69, 9.17) is 0 Å². The maximum Gasteiger partial charge on any atom is -0.0187 e. The van der Waals surface area contributed by atoms with Crippen molar-refractivity contribution < 1.29 is 8.76 Å². The molecule has 0 radical (unpaired) electrons. The van der Waals surface area contributed by atoms with Crippen molar-refractivity contribution in [1.29, 1.82) is 0 Å². The van der Waals surface area contributed by atoms with Gasteiger partial charge < -0.3 is 4.55 Å². The van der Waals surface area contributed by atoms with E-state index in [0.29, 0.717) is 0 Å². The van der Waals surface area contributed by atoms with Crippen molar-refractivity contribution in [3.8, 4) is 0 Å². The van der Waals surface area contributed by atoms with Crippen LogP contribution in [0, 0.1) is 0 Å². The van der Waals surface area contributed by atoms with Crippen molar-refractivity contribution >= 4 is 11.1 Å². The van der Waals surface area contributed by atoms with Gasteiger partial charge in [-0.1, -0.05) is 6.58 Å². The Morgan fingerprint density at radius 1 is 1.57 bits per heavy atom. The largest absolute Gasteiger partial charge is 0.769 e. The molecule has 0 amide bonds. The summed E-state index contributed by atoms with van der Waals surface area (Å²) in [4.78, 5) is 0. The zero-order chi connectivity index (χ0) is 6.28. The van der Waals surface area contributed by atoms with Gasteiger partial charge in [0.15, 0.2) is 0 Å². The predicted octanol–water partition coefficient (Wildman–Crippen LogP) is 0.811. The van der Waals surface area contributed by atoms with Gasteiger partial charge in [-0.15, -0.1) is 13.2 Å². The second-order valence-corrected chi connectivity index (χ2v) is 1.28. The number of hydrogen-bond acceptors (Lipinski definition) is 2. The fraction of sp³-hybridized carbons (Fsp3) is 0. The summed E-state index contributed by atoms with van der Waals surface area (Å²) < 4.78 is 18.5. The van der Waals surface area contributed by atoms with E-state index < -0.39 is 11.1 Å². The van der Waals surface area contributed by atoms with Crippen LogP contribution in [0.5, 0.6) is 0 Å². The molecule has 0 rings (SSSR count). The molecular formula is C4H7O2S-. The van der Waals surface area contributed by atoms with Crippen molar-refractivity contribution in [3.05, 3.63) is 25.1 Å². The first-order valence-corrected chi connectivity index (χ1v) is 2.62. The van der Waals surface area contributed by atoms with Crippen molar-refractivity contribution in [1.82, 2.24) is 0 Å². The maximum atomic E-state index is 9.25. The molecule has 0 aromatic heterocycles. The average molecular weight is 119 g/mol. The predicted molar refractivity (Wildman–Crippen MR) is 30.4 cm³/mol. The highest BCUT2D eigenvalue weighted by Gasteiger charge is 1.51. The molecule has 2 nitrogen and oxygen atoms in total. The summed E-state index contributed by atoms with van der Waals surface area (Å²) in [7, 11) is 0. The number of hydrogen-bond donors (Lipinski definition) is 0. The molecule has 0 N–H and O–H groups in total. The third kappa shape index (κ3) is 28.5. The number of rotatable bonds is 1.